The Kier molecular flexibility index (Phi) is 4.83. The molecule has 21 heavy (non-hydrogen) atoms. The molecule has 108 valence electrons. The number of hydrogen-bond acceptors (Lipinski definition) is 2. The first-order valence-electron chi connectivity index (χ1n) is 6.05. The normalized spacial score (nSPS) is 10.2. The highest BCUT2D eigenvalue weighted by molar-refractivity contribution is 7.80. The van der Waals surface area contributed by atoms with Crippen molar-refractivity contribution in [2.24, 2.45) is 5.73 Å². The molecule has 0 saturated heterocycles. The molecule has 0 spiro atoms. The molecule has 0 fully saturated rings. The van der Waals surface area contributed by atoms with Crippen LogP contribution in [-0.4, -0.2) is 10.9 Å². The lowest BCUT2D eigenvalue weighted by Gasteiger charge is -2.09. The number of nitrogens with one attached hydrogen (secondary N) is 1. The number of carbonyl (C=O) groups excluding carboxylic acids is 1. The lowest BCUT2D eigenvalue weighted by Crippen LogP contribution is -2.13. The molecule has 3 N–H and O–H groups in total. The van der Waals surface area contributed by atoms with E-state index in [4.69, 9.17) is 41.2 Å². The van der Waals surface area contributed by atoms with Gasteiger partial charge in [-0.2, -0.15) is 0 Å². The third-order valence-electron chi connectivity index (χ3n) is 2.94. The number of nitrogens with two attached hydrogens (primary N) is 1. The number of aryl methyl sites for hydroxylation is 1. The van der Waals surface area contributed by atoms with Crippen LogP contribution in [-0.2, 0) is 0 Å². The van der Waals surface area contributed by atoms with E-state index in [-0.39, 0.29) is 10.9 Å². The lowest BCUT2D eigenvalue weighted by molar-refractivity contribution is 0.102. The van der Waals surface area contributed by atoms with Gasteiger partial charge < -0.3 is 11.1 Å². The fourth-order valence-corrected chi connectivity index (χ4v) is 2.23. The Labute approximate surface area is 138 Å². The van der Waals surface area contributed by atoms with Crippen LogP contribution in [0.2, 0.25) is 10.0 Å². The minimum absolute atomic E-state index is 0.250. The molecule has 2 rings (SSSR count). The molecule has 0 aromatic heterocycles. The molecule has 0 aliphatic rings. The van der Waals surface area contributed by atoms with Crippen LogP contribution in [0.4, 0.5) is 5.69 Å². The molecule has 0 unspecified atom stereocenters. The van der Waals surface area contributed by atoms with Gasteiger partial charge in [-0.25, -0.2) is 0 Å². The number of halogens is 2. The Bertz CT molecular complexity index is 732. The van der Waals surface area contributed by atoms with Crippen LogP contribution in [0.5, 0.6) is 0 Å². The highest BCUT2D eigenvalue weighted by atomic mass is 35.5. The third kappa shape index (κ3) is 3.73. The summed E-state index contributed by atoms with van der Waals surface area (Å²) in [5.41, 5.74) is 8.02. The molecule has 0 heterocycles. The second-order valence-electron chi connectivity index (χ2n) is 4.48. The van der Waals surface area contributed by atoms with E-state index in [9.17, 15) is 4.79 Å². The topological polar surface area (TPSA) is 55.1 Å². The number of hydrogen-bond donors (Lipinski definition) is 2. The van der Waals surface area contributed by atoms with Crippen molar-refractivity contribution in [1.82, 2.24) is 0 Å². The molecule has 2 aromatic carbocycles. The SMILES string of the molecule is Cc1ccc(C(=O)Nc2ccc(C(N)=S)cc2Cl)cc1Cl. The molecule has 0 atom stereocenters. The number of rotatable bonds is 3. The molecule has 0 bridgehead atoms. The van der Waals surface area contributed by atoms with Gasteiger partial charge in [0.1, 0.15) is 4.99 Å². The zero-order chi connectivity index (χ0) is 15.6. The Balaban J connectivity index is 2.23. The maximum absolute atomic E-state index is 12.2. The third-order valence-corrected chi connectivity index (χ3v) is 3.89. The molecule has 6 heteroatoms. The van der Waals surface area contributed by atoms with Crippen molar-refractivity contribution >= 4 is 52.0 Å². The van der Waals surface area contributed by atoms with Crippen LogP contribution in [0, 0.1) is 6.92 Å². The standard InChI is InChI=1S/C15H12Cl2N2OS/c1-8-2-3-10(7-11(8)16)15(20)19-13-5-4-9(14(18)21)6-12(13)17/h2-7H,1H3,(H2,18,21)(H,19,20). The summed E-state index contributed by atoms with van der Waals surface area (Å²) >= 11 is 17.0. The molecule has 0 aliphatic heterocycles. The number of thiocarbonyl (C=S) groups is 1. The van der Waals surface area contributed by atoms with Crippen molar-refractivity contribution in [2.45, 2.75) is 6.92 Å². The number of carbonyl (C=O) groups is 1. The molecular weight excluding hydrogens is 327 g/mol. The molecule has 0 saturated carbocycles. The monoisotopic (exact) mass is 338 g/mol. The first-order chi connectivity index (χ1) is 9.88. The number of benzene rings is 2. The highest BCUT2D eigenvalue weighted by Gasteiger charge is 2.10. The Morgan fingerprint density at radius 1 is 1.10 bits per heavy atom. The predicted molar refractivity (Wildman–Crippen MR) is 91.5 cm³/mol. The van der Waals surface area contributed by atoms with Gasteiger partial charge in [0.2, 0.25) is 0 Å². The van der Waals surface area contributed by atoms with E-state index >= 15 is 0 Å². The van der Waals surface area contributed by atoms with Crippen molar-refractivity contribution in [3.8, 4) is 0 Å². The summed E-state index contributed by atoms with van der Waals surface area (Å²) in [6.45, 7) is 1.87. The quantitative estimate of drug-likeness (QED) is 0.825. The zero-order valence-electron chi connectivity index (χ0n) is 11.1. The maximum Gasteiger partial charge on any atom is 0.255 e. The lowest BCUT2D eigenvalue weighted by atomic mass is 10.1. The highest BCUT2D eigenvalue weighted by Crippen LogP contribution is 2.24. The summed E-state index contributed by atoms with van der Waals surface area (Å²) in [5, 5.41) is 3.63. The van der Waals surface area contributed by atoms with E-state index in [1.165, 1.54) is 0 Å². The van der Waals surface area contributed by atoms with Gasteiger partial charge in [0.05, 0.1) is 10.7 Å². The van der Waals surface area contributed by atoms with E-state index in [0.717, 1.165) is 5.56 Å². The van der Waals surface area contributed by atoms with Crippen molar-refractivity contribution < 1.29 is 4.79 Å². The second kappa shape index (κ2) is 6.43. The van der Waals surface area contributed by atoms with Gasteiger partial charge in [0.25, 0.3) is 5.91 Å². The average Bonchev–Trinajstić information content (AvgIpc) is 2.43. The van der Waals surface area contributed by atoms with Crippen molar-refractivity contribution in [3.63, 3.8) is 0 Å². The minimum Gasteiger partial charge on any atom is -0.389 e. The van der Waals surface area contributed by atoms with E-state index in [0.29, 0.717) is 26.9 Å². The van der Waals surface area contributed by atoms with E-state index in [2.05, 4.69) is 5.32 Å². The zero-order valence-corrected chi connectivity index (χ0v) is 13.4. The summed E-state index contributed by atoms with van der Waals surface area (Å²) in [4.78, 5) is 12.4. The average molecular weight is 339 g/mol. The maximum atomic E-state index is 12.2. The van der Waals surface area contributed by atoms with Crippen LogP contribution < -0.4 is 11.1 Å². The summed E-state index contributed by atoms with van der Waals surface area (Å²) in [6.07, 6.45) is 0. The largest absolute Gasteiger partial charge is 0.389 e. The van der Waals surface area contributed by atoms with Gasteiger partial charge >= 0.3 is 0 Å². The van der Waals surface area contributed by atoms with E-state index in [1.54, 1.807) is 36.4 Å². The Hall–Kier alpha value is -1.62. The van der Waals surface area contributed by atoms with E-state index in [1.807, 2.05) is 6.92 Å². The van der Waals surface area contributed by atoms with Crippen molar-refractivity contribution in [1.29, 1.82) is 0 Å². The molecule has 1 amide bonds. The summed E-state index contributed by atoms with van der Waals surface area (Å²) in [6, 6.07) is 10.1. The van der Waals surface area contributed by atoms with Gasteiger partial charge in [-0.15, -0.1) is 0 Å². The number of amides is 1. The van der Waals surface area contributed by atoms with Crippen LogP contribution in [0.3, 0.4) is 0 Å². The van der Waals surface area contributed by atoms with Crippen LogP contribution in [0.15, 0.2) is 36.4 Å². The Morgan fingerprint density at radius 3 is 2.29 bits per heavy atom. The number of anilines is 1. The van der Waals surface area contributed by atoms with Crippen molar-refractivity contribution in [2.75, 3.05) is 5.32 Å². The molecule has 3 nitrogen and oxygen atoms in total. The van der Waals surface area contributed by atoms with Gasteiger partial charge in [-0.05, 0) is 42.8 Å². The predicted octanol–water partition coefficient (Wildman–Crippen LogP) is 4.19. The van der Waals surface area contributed by atoms with Gasteiger partial charge in [-0.1, -0.05) is 41.5 Å². The summed E-state index contributed by atoms with van der Waals surface area (Å²) in [7, 11) is 0. The van der Waals surface area contributed by atoms with Crippen molar-refractivity contribution in [3.05, 3.63) is 63.1 Å². The molecular formula is C15H12Cl2N2OS. The second-order valence-corrected chi connectivity index (χ2v) is 5.73. The fraction of sp³-hybridized carbons (Fsp3) is 0.0667. The fourth-order valence-electron chi connectivity index (χ4n) is 1.70. The molecule has 0 aliphatic carbocycles. The molecule has 0 radical (unpaired) electrons. The summed E-state index contributed by atoms with van der Waals surface area (Å²) < 4.78 is 0. The van der Waals surface area contributed by atoms with Crippen LogP contribution >= 0.6 is 35.4 Å². The van der Waals surface area contributed by atoms with Crippen LogP contribution in [0.1, 0.15) is 21.5 Å². The minimum atomic E-state index is -0.290. The summed E-state index contributed by atoms with van der Waals surface area (Å²) in [5.74, 6) is -0.290. The Morgan fingerprint density at radius 2 is 1.71 bits per heavy atom. The first kappa shape index (κ1) is 15.8. The van der Waals surface area contributed by atoms with Gasteiger partial charge in [0, 0.05) is 16.1 Å². The van der Waals surface area contributed by atoms with Crippen LogP contribution in [0.25, 0.3) is 0 Å². The van der Waals surface area contributed by atoms with Gasteiger partial charge in [-0.3, -0.25) is 4.79 Å². The first-order valence-corrected chi connectivity index (χ1v) is 7.22. The molecule has 2 aromatic rings. The van der Waals surface area contributed by atoms with E-state index < -0.39 is 0 Å². The van der Waals surface area contributed by atoms with Gasteiger partial charge in [0.15, 0.2) is 0 Å². The smallest absolute Gasteiger partial charge is 0.255 e.